The van der Waals surface area contributed by atoms with Crippen LogP contribution < -0.4 is 0 Å². The fourth-order valence-electron chi connectivity index (χ4n) is 2.15. The van der Waals surface area contributed by atoms with Crippen molar-refractivity contribution in [1.29, 1.82) is 0 Å². The average molecular weight is 426 g/mol. The molecule has 1 aliphatic rings. The molecule has 0 N–H and O–H groups in total. The Bertz CT molecular complexity index is 608. The van der Waals surface area contributed by atoms with Gasteiger partial charge in [0.15, 0.2) is 0 Å². The monoisotopic (exact) mass is 426 g/mol. The van der Waals surface area contributed by atoms with Crippen molar-refractivity contribution in [1.82, 2.24) is 0 Å². The van der Waals surface area contributed by atoms with Crippen molar-refractivity contribution in [3.8, 4) is 0 Å². The van der Waals surface area contributed by atoms with E-state index < -0.39 is 53.0 Å². The van der Waals surface area contributed by atoms with E-state index >= 15 is 0 Å². The Labute approximate surface area is 131 Å². The van der Waals surface area contributed by atoms with E-state index in [0.717, 1.165) is 0 Å². The van der Waals surface area contributed by atoms with Gasteiger partial charge in [0.05, 0.1) is 5.57 Å². The summed E-state index contributed by atoms with van der Waals surface area (Å²) in [5.41, 5.74) is -20.9. The molecule has 0 aromatic heterocycles. The first-order chi connectivity index (χ1) is 10.9. The molecule has 0 aliphatic heterocycles. The topological polar surface area (TPSA) is 0 Å². The Hall–Kier alpha value is -1.38. The smallest absolute Gasteiger partial charge is 0.220 e. The van der Waals surface area contributed by atoms with Crippen LogP contribution in [-0.4, -0.2) is 47.4 Å². The van der Waals surface area contributed by atoms with Crippen molar-refractivity contribution in [2.45, 2.75) is 47.4 Å². The molecule has 1 rings (SSSR count). The van der Waals surface area contributed by atoms with Gasteiger partial charge in [0.25, 0.3) is 0 Å². The molecule has 1 fully saturated rings. The van der Waals surface area contributed by atoms with Gasteiger partial charge in [-0.3, -0.25) is 0 Å². The van der Waals surface area contributed by atoms with E-state index in [-0.39, 0.29) is 0 Å². The minimum atomic E-state index is -8.48. The molecule has 0 bridgehead atoms. The highest BCUT2D eigenvalue weighted by Crippen LogP contribution is 2.72. The standard InChI is InChI=1S/C10H2F16/c1-2-3(11,12)5(15,9(21,22)23)8(19,20)6(16,10(24,25)26)7(17,18)4(2,13)14/h1H2. The van der Waals surface area contributed by atoms with Crippen LogP contribution in [0.1, 0.15) is 0 Å². The van der Waals surface area contributed by atoms with Gasteiger partial charge in [0.1, 0.15) is 0 Å². The van der Waals surface area contributed by atoms with Gasteiger partial charge in [-0.25, -0.2) is 8.78 Å². The van der Waals surface area contributed by atoms with Gasteiger partial charge in [0, 0.05) is 0 Å². The SMILES string of the molecule is C=C1C(F)(F)C(F)(F)C(F)(C(F)(F)F)C(F)(F)C(F)(C(F)(F)F)C1(F)F. The van der Waals surface area contributed by atoms with Gasteiger partial charge in [-0.2, -0.15) is 61.5 Å². The molecule has 0 saturated heterocycles. The third-order valence-corrected chi connectivity index (χ3v) is 3.66. The van der Waals surface area contributed by atoms with Crippen LogP contribution in [0, 0.1) is 0 Å². The molecule has 154 valence electrons. The summed E-state index contributed by atoms with van der Waals surface area (Å²) in [7, 11) is 0. The molecule has 0 amide bonds. The van der Waals surface area contributed by atoms with E-state index in [1.807, 2.05) is 0 Å². The summed E-state index contributed by atoms with van der Waals surface area (Å²) >= 11 is 0. The molecule has 0 nitrogen and oxygen atoms in total. The van der Waals surface area contributed by atoms with Crippen molar-refractivity contribution in [2.75, 3.05) is 0 Å². The lowest BCUT2D eigenvalue weighted by atomic mass is 9.79. The molecule has 0 heterocycles. The number of halogens is 16. The Morgan fingerprint density at radius 1 is 0.500 bits per heavy atom. The summed E-state index contributed by atoms with van der Waals surface area (Å²) in [6.45, 7) is 1.21. The summed E-state index contributed by atoms with van der Waals surface area (Å²) in [6, 6.07) is 0. The van der Waals surface area contributed by atoms with Crippen LogP contribution in [0.5, 0.6) is 0 Å². The highest BCUT2D eigenvalue weighted by Gasteiger charge is 3.02. The Morgan fingerprint density at radius 3 is 1.08 bits per heavy atom. The molecule has 0 aromatic rings. The van der Waals surface area contributed by atoms with Crippen LogP contribution in [0.2, 0.25) is 0 Å². The fourth-order valence-corrected chi connectivity index (χ4v) is 2.15. The molecule has 0 spiro atoms. The first kappa shape index (κ1) is 22.7. The number of hydrogen-bond donors (Lipinski definition) is 0. The van der Waals surface area contributed by atoms with E-state index in [1.165, 1.54) is 6.58 Å². The number of allylic oxidation sites excluding steroid dienone is 1. The van der Waals surface area contributed by atoms with Crippen molar-refractivity contribution in [3.63, 3.8) is 0 Å². The minimum Gasteiger partial charge on any atom is -0.220 e. The van der Waals surface area contributed by atoms with Gasteiger partial charge in [-0.15, -0.1) is 0 Å². The Balaban J connectivity index is 4.31. The molecule has 2 atom stereocenters. The highest BCUT2D eigenvalue weighted by molar-refractivity contribution is 5.39. The first-order valence-corrected chi connectivity index (χ1v) is 5.63. The van der Waals surface area contributed by atoms with E-state index in [2.05, 4.69) is 0 Å². The van der Waals surface area contributed by atoms with Gasteiger partial charge in [-0.05, 0) is 0 Å². The highest BCUT2D eigenvalue weighted by atomic mass is 19.4. The molecule has 0 aromatic carbocycles. The maximum absolute atomic E-state index is 13.8. The number of hydrogen-bond acceptors (Lipinski definition) is 0. The molecule has 1 saturated carbocycles. The zero-order chi connectivity index (χ0) is 21.6. The minimum absolute atomic E-state index is 1.21. The van der Waals surface area contributed by atoms with Crippen LogP contribution in [-0.2, 0) is 0 Å². The molecule has 26 heavy (non-hydrogen) atoms. The van der Waals surface area contributed by atoms with Gasteiger partial charge >= 0.3 is 47.4 Å². The lowest BCUT2D eigenvalue weighted by Gasteiger charge is -2.44. The van der Waals surface area contributed by atoms with Crippen molar-refractivity contribution in [3.05, 3.63) is 12.2 Å². The summed E-state index contributed by atoms with van der Waals surface area (Å²) in [5, 5.41) is 0. The average Bonchev–Trinajstić information content (AvgIpc) is 2.40. The second-order valence-corrected chi connectivity index (χ2v) is 5.09. The van der Waals surface area contributed by atoms with E-state index in [1.54, 1.807) is 0 Å². The van der Waals surface area contributed by atoms with Crippen LogP contribution in [0.15, 0.2) is 12.2 Å². The van der Waals surface area contributed by atoms with E-state index in [9.17, 15) is 70.2 Å². The van der Waals surface area contributed by atoms with Crippen LogP contribution in [0.3, 0.4) is 0 Å². The Kier molecular flexibility index (Phi) is 4.28. The molecular weight excluding hydrogens is 424 g/mol. The molecule has 1 aliphatic carbocycles. The predicted molar refractivity (Wildman–Crippen MR) is 48.7 cm³/mol. The maximum Gasteiger partial charge on any atom is 0.435 e. The maximum atomic E-state index is 13.8. The summed E-state index contributed by atoms with van der Waals surface area (Å²) in [6.07, 6.45) is -16.0. The van der Waals surface area contributed by atoms with Crippen LogP contribution in [0.25, 0.3) is 0 Å². The molecule has 0 radical (unpaired) electrons. The van der Waals surface area contributed by atoms with Crippen molar-refractivity contribution >= 4 is 0 Å². The zero-order valence-corrected chi connectivity index (χ0v) is 11.3. The largest absolute Gasteiger partial charge is 0.435 e. The second-order valence-electron chi connectivity index (χ2n) is 5.09. The fraction of sp³-hybridized carbons (Fsp3) is 0.800. The lowest BCUT2D eigenvalue weighted by molar-refractivity contribution is -0.437. The third-order valence-electron chi connectivity index (χ3n) is 3.66. The normalized spacial score (nSPS) is 36.5. The summed E-state index contributed by atoms with van der Waals surface area (Å²) in [5.74, 6) is -31.4. The number of alkyl halides is 16. The quantitative estimate of drug-likeness (QED) is 0.267. The van der Waals surface area contributed by atoms with Crippen molar-refractivity contribution < 1.29 is 70.2 Å². The molecule has 16 heteroatoms. The van der Waals surface area contributed by atoms with E-state index in [4.69, 9.17) is 0 Å². The lowest BCUT2D eigenvalue weighted by Crippen LogP contribution is -2.77. The van der Waals surface area contributed by atoms with Crippen LogP contribution >= 0.6 is 0 Å². The number of rotatable bonds is 0. The van der Waals surface area contributed by atoms with Crippen molar-refractivity contribution in [2.24, 2.45) is 0 Å². The molecule has 2 unspecified atom stereocenters. The van der Waals surface area contributed by atoms with E-state index in [0.29, 0.717) is 0 Å². The zero-order valence-electron chi connectivity index (χ0n) is 11.3. The summed E-state index contributed by atoms with van der Waals surface area (Å²) < 4.78 is 210. The Morgan fingerprint density at radius 2 is 0.808 bits per heavy atom. The van der Waals surface area contributed by atoms with Gasteiger partial charge in [0.2, 0.25) is 0 Å². The first-order valence-electron chi connectivity index (χ1n) is 5.63. The van der Waals surface area contributed by atoms with Gasteiger partial charge in [-0.1, -0.05) is 6.58 Å². The summed E-state index contributed by atoms with van der Waals surface area (Å²) in [4.78, 5) is 0. The second kappa shape index (κ2) is 4.91. The van der Waals surface area contributed by atoms with Crippen LogP contribution in [0.4, 0.5) is 70.2 Å². The third kappa shape index (κ3) is 1.95. The predicted octanol–water partition coefficient (Wildman–Crippen LogP) is 5.64. The van der Waals surface area contributed by atoms with Gasteiger partial charge < -0.3 is 0 Å². The molecular formula is C10H2F16.